The molecule has 1 atom stereocenters. The summed E-state index contributed by atoms with van der Waals surface area (Å²) in [5.41, 5.74) is -1.27. The van der Waals surface area contributed by atoms with Crippen LogP contribution in [0.4, 0.5) is 9.59 Å². The predicted octanol–water partition coefficient (Wildman–Crippen LogP) is 2.38. The highest BCUT2D eigenvalue weighted by Crippen LogP contribution is 2.17. The van der Waals surface area contributed by atoms with Gasteiger partial charge in [0.2, 0.25) is 0 Å². The molecule has 1 saturated heterocycles. The molecule has 0 saturated carbocycles. The topological polar surface area (TPSA) is 114 Å². The lowest BCUT2D eigenvalue weighted by Crippen LogP contribution is -2.48. The van der Waals surface area contributed by atoms with Gasteiger partial charge < -0.3 is 29.5 Å². The highest BCUT2D eigenvalue weighted by molar-refractivity contribution is 5.80. The van der Waals surface area contributed by atoms with Gasteiger partial charge in [0.25, 0.3) is 0 Å². The first-order chi connectivity index (χ1) is 12.3. The third kappa shape index (κ3) is 9.46. The van der Waals surface area contributed by atoms with Gasteiger partial charge in [-0.3, -0.25) is 0 Å². The number of amides is 2. The number of likely N-dealkylation sites (tertiary alicyclic amines) is 1. The summed E-state index contributed by atoms with van der Waals surface area (Å²) in [6.07, 6.45) is -0.226. The van der Waals surface area contributed by atoms with Crippen LogP contribution in [0, 0.1) is 0 Å². The van der Waals surface area contributed by atoms with E-state index < -0.39 is 29.3 Å². The number of piperidine rings is 1. The van der Waals surface area contributed by atoms with Gasteiger partial charge in [0, 0.05) is 13.1 Å². The Hall–Kier alpha value is -2.03. The van der Waals surface area contributed by atoms with Crippen LogP contribution in [-0.2, 0) is 19.0 Å². The number of aliphatic carboxylic acids is 1. The van der Waals surface area contributed by atoms with E-state index in [1.807, 2.05) is 20.8 Å². The minimum atomic E-state index is -1.20. The van der Waals surface area contributed by atoms with Crippen LogP contribution in [0.3, 0.4) is 0 Å². The van der Waals surface area contributed by atoms with Crippen molar-refractivity contribution in [2.75, 3.05) is 19.7 Å². The van der Waals surface area contributed by atoms with E-state index in [-0.39, 0.29) is 18.8 Å². The Kier molecular flexibility index (Phi) is 7.89. The SMILES string of the molecule is CC(C)(C)OC(=O)N[C@H](COC1CCN(C(=O)OC(C)(C)C)CC1)C(=O)O. The number of nitrogens with zero attached hydrogens (tertiary/aromatic N) is 1. The Balaban J connectivity index is 2.43. The maximum absolute atomic E-state index is 12.0. The summed E-state index contributed by atoms with van der Waals surface area (Å²) in [4.78, 5) is 36.7. The second kappa shape index (κ2) is 9.25. The number of carbonyl (C=O) groups excluding carboxylic acids is 2. The molecule has 0 unspecified atom stereocenters. The summed E-state index contributed by atoms with van der Waals surface area (Å²) in [7, 11) is 0. The molecule has 1 rings (SSSR count). The fourth-order valence-corrected chi connectivity index (χ4v) is 2.39. The molecule has 1 heterocycles. The third-order valence-corrected chi connectivity index (χ3v) is 3.58. The summed E-state index contributed by atoms with van der Waals surface area (Å²) in [5.74, 6) is -1.20. The first-order valence-electron chi connectivity index (χ1n) is 9.09. The van der Waals surface area contributed by atoms with Crippen molar-refractivity contribution in [1.82, 2.24) is 10.2 Å². The van der Waals surface area contributed by atoms with E-state index >= 15 is 0 Å². The number of ether oxygens (including phenoxy) is 3. The highest BCUT2D eigenvalue weighted by Gasteiger charge is 2.29. The number of rotatable bonds is 5. The molecule has 156 valence electrons. The Morgan fingerprint density at radius 1 is 1.04 bits per heavy atom. The van der Waals surface area contributed by atoms with Gasteiger partial charge in [-0.2, -0.15) is 0 Å². The van der Waals surface area contributed by atoms with Crippen LogP contribution < -0.4 is 5.32 Å². The van der Waals surface area contributed by atoms with Crippen molar-refractivity contribution in [3.63, 3.8) is 0 Å². The van der Waals surface area contributed by atoms with Gasteiger partial charge in [-0.1, -0.05) is 0 Å². The summed E-state index contributed by atoms with van der Waals surface area (Å²) in [5, 5.41) is 11.5. The standard InChI is InChI=1S/C18H32N2O7/c1-17(2,3)26-15(23)19-13(14(21)22)11-25-12-7-9-20(10-8-12)16(24)27-18(4,5)6/h12-13H,7-11H2,1-6H3,(H,19,23)(H,21,22)/t13-/m1/s1. The average molecular weight is 388 g/mol. The number of carbonyl (C=O) groups is 3. The van der Waals surface area contributed by atoms with E-state index in [4.69, 9.17) is 14.2 Å². The van der Waals surface area contributed by atoms with Crippen LogP contribution in [0.5, 0.6) is 0 Å². The van der Waals surface area contributed by atoms with Crippen LogP contribution >= 0.6 is 0 Å². The smallest absolute Gasteiger partial charge is 0.410 e. The molecule has 1 fully saturated rings. The van der Waals surface area contributed by atoms with Crippen LogP contribution in [-0.4, -0.2) is 71.2 Å². The van der Waals surface area contributed by atoms with Gasteiger partial charge in [0.15, 0.2) is 6.04 Å². The Bertz CT molecular complexity index is 529. The van der Waals surface area contributed by atoms with Crippen molar-refractivity contribution in [3.05, 3.63) is 0 Å². The van der Waals surface area contributed by atoms with E-state index in [2.05, 4.69) is 5.32 Å². The fourth-order valence-electron chi connectivity index (χ4n) is 2.39. The molecule has 2 N–H and O–H groups in total. The van der Waals surface area contributed by atoms with E-state index in [1.54, 1.807) is 25.7 Å². The van der Waals surface area contributed by atoms with E-state index in [0.717, 1.165) is 0 Å². The molecule has 0 spiro atoms. The lowest BCUT2D eigenvalue weighted by Gasteiger charge is -2.33. The zero-order valence-corrected chi connectivity index (χ0v) is 17.0. The molecule has 0 aromatic heterocycles. The number of carboxylic acid groups (broad SMARTS) is 1. The third-order valence-electron chi connectivity index (χ3n) is 3.58. The van der Waals surface area contributed by atoms with Crippen molar-refractivity contribution < 1.29 is 33.7 Å². The van der Waals surface area contributed by atoms with E-state index in [0.29, 0.717) is 25.9 Å². The van der Waals surface area contributed by atoms with Crippen molar-refractivity contribution >= 4 is 18.2 Å². The molecule has 1 aliphatic heterocycles. The predicted molar refractivity (Wildman–Crippen MR) is 97.6 cm³/mol. The number of hydrogen-bond acceptors (Lipinski definition) is 6. The largest absolute Gasteiger partial charge is 0.480 e. The number of carboxylic acids is 1. The number of hydrogen-bond donors (Lipinski definition) is 2. The normalized spacial score (nSPS) is 17.2. The van der Waals surface area contributed by atoms with E-state index in [9.17, 15) is 19.5 Å². The van der Waals surface area contributed by atoms with Gasteiger partial charge in [-0.25, -0.2) is 14.4 Å². The number of alkyl carbamates (subject to hydrolysis) is 1. The molecule has 0 aromatic carbocycles. The molecular weight excluding hydrogens is 356 g/mol. The average Bonchev–Trinajstić information content (AvgIpc) is 2.48. The summed E-state index contributed by atoms with van der Waals surface area (Å²) in [6.45, 7) is 11.3. The Labute approximate surface area is 160 Å². The minimum Gasteiger partial charge on any atom is -0.480 e. The molecule has 1 aliphatic rings. The molecular formula is C18H32N2O7. The molecule has 9 nitrogen and oxygen atoms in total. The summed E-state index contributed by atoms with van der Waals surface area (Å²) < 4.78 is 16.0. The lowest BCUT2D eigenvalue weighted by atomic mass is 10.1. The van der Waals surface area contributed by atoms with Crippen LogP contribution in [0.15, 0.2) is 0 Å². The fraction of sp³-hybridized carbons (Fsp3) is 0.833. The summed E-state index contributed by atoms with van der Waals surface area (Å²) in [6, 6.07) is -1.20. The van der Waals surface area contributed by atoms with Crippen molar-refractivity contribution in [3.8, 4) is 0 Å². The Morgan fingerprint density at radius 3 is 2.00 bits per heavy atom. The molecule has 27 heavy (non-hydrogen) atoms. The van der Waals surface area contributed by atoms with Crippen LogP contribution in [0.2, 0.25) is 0 Å². The first kappa shape index (κ1) is 23.0. The molecule has 0 bridgehead atoms. The van der Waals surface area contributed by atoms with Crippen molar-refractivity contribution in [1.29, 1.82) is 0 Å². The monoisotopic (exact) mass is 388 g/mol. The van der Waals surface area contributed by atoms with E-state index in [1.165, 1.54) is 0 Å². The number of nitrogens with one attached hydrogen (secondary N) is 1. The van der Waals surface area contributed by atoms with Gasteiger partial charge >= 0.3 is 18.2 Å². The van der Waals surface area contributed by atoms with Gasteiger partial charge in [0.1, 0.15) is 11.2 Å². The van der Waals surface area contributed by atoms with Crippen LogP contribution in [0.25, 0.3) is 0 Å². The molecule has 0 aromatic rings. The zero-order chi connectivity index (χ0) is 20.8. The maximum Gasteiger partial charge on any atom is 0.410 e. The second-order valence-electron chi connectivity index (χ2n) is 8.54. The highest BCUT2D eigenvalue weighted by atomic mass is 16.6. The Morgan fingerprint density at radius 2 is 1.56 bits per heavy atom. The molecule has 0 radical (unpaired) electrons. The van der Waals surface area contributed by atoms with Gasteiger partial charge in [-0.05, 0) is 54.4 Å². The molecule has 0 aliphatic carbocycles. The lowest BCUT2D eigenvalue weighted by molar-refractivity contribution is -0.142. The summed E-state index contributed by atoms with van der Waals surface area (Å²) >= 11 is 0. The maximum atomic E-state index is 12.0. The molecule has 9 heteroatoms. The first-order valence-corrected chi connectivity index (χ1v) is 9.09. The van der Waals surface area contributed by atoms with Crippen molar-refractivity contribution in [2.45, 2.75) is 77.7 Å². The van der Waals surface area contributed by atoms with Crippen molar-refractivity contribution in [2.24, 2.45) is 0 Å². The minimum absolute atomic E-state index is 0.175. The van der Waals surface area contributed by atoms with Gasteiger partial charge in [-0.15, -0.1) is 0 Å². The van der Waals surface area contributed by atoms with Gasteiger partial charge in [0.05, 0.1) is 12.7 Å². The van der Waals surface area contributed by atoms with Crippen LogP contribution in [0.1, 0.15) is 54.4 Å². The molecule has 2 amide bonds. The quantitative estimate of drug-likeness (QED) is 0.743. The zero-order valence-electron chi connectivity index (χ0n) is 17.0. The second-order valence-corrected chi connectivity index (χ2v) is 8.54.